The van der Waals surface area contributed by atoms with E-state index in [-0.39, 0.29) is 25.4 Å². The molecular formula is C12H23F3N2. The Bertz CT molecular complexity index is 242. The van der Waals surface area contributed by atoms with Crippen LogP contribution in [0.2, 0.25) is 0 Å². The highest BCUT2D eigenvalue weighted by molar-refractivity contribution is 4.97. The van der Waals surface area contributed by atoms with Crippen LogP contribution in [0.25, 0.3) is 0 Å². The van der Waals surface area contributed by atoms with Gasteiger partial charge in [-0.05, 0) is 32.6 Å². The van der Waals surface area contributed by atoms with Crippen LogP contribution in [0.1, 0.15) is 46.0 Å². The summed E-state index contributed by atoms with van der Waals surface area (Å²) in [4.78, 5) is 0. The highest BCUT2D eigenvalue weighted by atomic mass is 19.4. The van der Waals surface area contributed by atoms with E-state index in [0.717, 1.165) is 12.8 Å². The van der Waals surface area contributed by atoms with Gasteiger partial charge in [0.2, 0.25) is 0 Å². The molecule has 0 aliphatic heterocycles. The molecule has 5 heteroatoms. The quantitative estimate of drug-likeness (QED) is 0.807. The van der Waals surface area contributed by atoms with Gasteiger partial charge in [0.25, 0.3) is 0 Å². The van der Waals surface area contributed by atoms with Gasteiger partial charge < -0.3 is 11.1 Å². The molecule has 17 heavy (non-hydrogen) atoms. The van der Waals surface area contributed by atoms with Gasteiger partial charge in [0.1, 0.15) is 0 Å². The van der Waals surface area contributed by atoms with Crippen molar-refractivity contribution in [3.8, 4) is 0 Å². The summed E-state index contributed by atoms with van der Waals surface area (Å²) in [5.41, 5.74) is 5.20. The molecule has 0 radical (unpaired) electrons. The molecule has 1 saturated carbocycles. The number of hydrogen-bond donors (Lipinski definition) is 2. The molecule has 0 aromatic carbocycles. The molecular weight excluding hydrogens is 229 g/mol. The standard InChI is InChI=1S/C12H23F3N2/c1-3-9(2)17-11(8-16)6-4-5-10(7-11)12(13,14)15/h9-10,17H,3-8,16H2,1-2H3. The Morgan fingerprint density at radius 3 is 2.59 bits per heavy atom. The monoisotopic (exact) mass is 252 g/mol. The average Bonchev–Trinajstić information content (AvgIpc) is 2.28. The van der Waals surface area contributed by atoms with Gasteiger partial charge in [-0.2, -0.15) is 13.2 Å². The van der Waals surface area contributed by atoms with Crippen molar-refractivity contribution in [1.29, 1.82) is 0 Å². The van der Waals surface area contributed by atoms with E-state index in [1.807, 2.05) is 13.8 Å². The molecule has 0 amide bonds. The summed E-state index contributed by atoms with van der Waals surface area (Å²) in [6.07, 6.45) is -1.47. The van der Waals surface area contributed by atoms with Gasteiger partial charge in [-0.3, -0.25) is 0 Å². The lowest BCUT2D eigenvalue weighted by molar-refractivity contribution is -0.188. The fourth-order valence-electron chi connectivity index (χ4n) is 2.64. The SMILES string of the molecule is CCC(C)NC1(CN)CCCC(C(F)(F)F)C1. The molecule has 3 atom stereocenters. The first-order valence-corrected chi connectivity index (χ1v) is 6.37. The lowest BCUT2D eigenvalue weighted by Gasteiger charge is -2.43. The highest BCUT2D eigenvalue weighted by Crippen LogP contribution is 2.41. The second-order valence-corrected chi connectivity index (χ2v) is 5.27. The molecule has 1 aliphatic carbocycles. The van der Waals surface area contributed by atoms with Crippen LogP contribution in [0.3, 0.4) is 0 Å². The van der Waals surface area contributed by atoms with E-state index in [9.17, 15) is 13.2 Å². The Labute approximate surface area is 101 Å². The van der Waals surface area contributed by atoms with E-state index in [2.05, 4.69) is 5.32 Å². The minimum absolute atomic E-state index is 0.122. The third-order valence-electron chi connectivity index (χ3n) is 3.86. The molecule has 0 bridgehead atoms. The van der Waals surface area contributed by atoms with Crippen molar-refractivity contribution in [1.82, 2.24) is 5.32 Å². The summed E-state index contributed by atoms with van der Waals surface area (Å²) in [7, 11) is 0. The largest absolute Gasteiger partial charge is 0.391 e. The molecule has 1 aliphatic rings. The smallest absolute Gasteiger partial charge is 0.329 e. The number of nitrogens with two attached hydrogens (primary N) is 1. The van der Waals surface area contributed by atoms with E-state index in [1.165, 1.54) is 0 Å². The maximum Gasteiger partial charge on any atom is 0.391 e. The van der Waals surface area contributed by atoms with Crippen molar-refractivity contribution in [2.75, 3.05) is 6.54 Å². The van der Waals surface area contributed by atoms with E-state index in [0.29, 0.717) is 6.42 Å². The Balaban J connectivity index is 2.72. The van der Waals surface area contributed by atoms with Gasteiger partial charge in [0.15, 0.2) is 0 Å². The van der Waals surface area contributed by atoms with Crippen molar-refractivity contribution in [2.45, 2.75) is 63.7 Å². The molecule has 3 N–H and O–H groups in total. The summed E-state index contributed by atoms with van der Waals surface area (Å²) in [5.74, 6) is -1.20. The first-order valence-electron chi connectivity index (χ1n) is 6.37. The molecule has 0 saturated heterocycles. The summed E-state index contributed by atoms with van der Waals surface area (Å²) in [6.45, 7) is 4.30. The fourth-order valence-corrected chi connectivity index (χ4v) is 2.64. The van der Waals surface area contributed by atoms with Crippen molar-refractivity contribution in [3.63, 3.8) is 0 Å². The van der Waals surface area contributed by atoms with Crippen molar-refractivity contribution < 1.29 is 13.2 Å². The third-order valence-corrected chi connectivity index (χ3v) is 3.86. The van der Waals surface area contributed by atoms with Crippen LogP contribution >= 0.6 is 0 Å². The predicted octanol–water partition coefficient (Wildman–Crippen LogP) is 2.82. The molecule has 0 spiro atoms. The molecule has 1 fully saturated rings. The minimum atomic E-state index is -4.09. The van der Waals surface area contributed by atoms with Crippen LogP contribution in [0.5, 0.6) is 0 Å². The topological polar surface area (TPSA) is 38.0 Å². The van der Waals surface area contributed by atoms with E-state index >= 15 is 0 Å². The normalized spacial score (nSPS) is 32.5. The number of halogens is 3. The third kappa shape index (κ3) is 3.85. The summed E-state index contributed by atoms with van der Waals surface area (Å²) >= 11 is 0. The number of rotatable bonds is 4. The summed E-state index contributed by atoms with van der Waals surface area (Å²) in [6, 6.07) is 0.213. The second kappa shape index (κ2) is 5.57. The predicted molar refractivity (Wildman–Crippen MR) is 62.7 cm³/mol. The van der Waals surface area contributed by atoms with E-state index in [1.54, 1.807) is 0 Å². The number of hydrogen-bond acceptors (Lipinski definition) is 2. The number of alkyl halides is 3. The average molecular weight is 252 g/mol. The van der Waals surface area contributed by atoms with Crippen LogP contribution in [0.15, 0.2) is 0 Å². The first-order chi connectivity index (χ1) is 7.83. The van der Waals surface area contributed by atoms with Crippen molar-refractivity contribution in [3.05, 3.63) is 0 Å². The zero-order valence-electron chi connectivity index (χ0n) is 10.6. The van der Waals surface area contributed by atoms with Gasteiger partial charge in [-0.25, -0.2) is 0 Å². The summed E-state index contributed by atoms with van der Waals surface area (Å²) in [5, 5.41) is 3.31. The van der Waals surface area contributed by atoms with Crippen LogP contribution in [0, 0.1) is 5.92 Å². The lowest BCUT2D eigenvalue weighted by atomic mass is 9.75. The van der Waals surface area contributed by atoms with Crippen LogP contribution in [0.4, 0.5) is 13.2 Å². The maximum atomic E-state index is 12.8. The van der Waals surface area contributed by atoms with Gasteiger partial charge in [-0.15, -0.1) is 0 Å². The van der Waals surface area contributed by atoms with Crippen LogP contribution < -0.4 is 11.1 Å². The van der Waals surface area contributed by atoms with Crippen molar-refractivity contribution >= 4 is 0 Å². The van der Waals surface area contributed by atoms with Gasteiger partial charge >= 0.3 is 6.18 Å². The van der Waals surface area contributed by atoms with E-state index in [4.69, 9.17) is 5.73 Å². The molecule has 3 unspecified atom stereocenters. The Morgan fingerprint density at radius 2 is 2.12 bits per heavy atom. The minimum Gasteiger partial charge on any atom is -0.329 e. The zero-order chi connectivity index (χ0) is 13.1. The molecule has 0 aromatic heterocycles. The fraction of sp³-hybridized carbons (Fsp3) is 1.00. The first kappa shape index (κ1) is 14.8. The van der Waals surface area contributed by atoms with Gasteiger partial charge in [0, 0.05) is 18.1 Å². The second-order valence-electron chi connectivity index (χ2n) is 5.27. The Kier molecular flexibility index (Phi) is 4.84. The lowest BCUT2D eigenvalue weighted by Crippen LogP contribution is -2.58. The van der Waals surface area contributed by atoms with Crippen molar-refractivity contribution in [2.24, 2.45) is 11.7 Å². The molecule has 0 aromatic rings. The molecule has 1 rings (SSSR count). The Morgan fingerprint density at radius 1 is 1.47 bits per heavy atom. The highest BCUT2D eigenvalue weighted by Gasteiger charge is 2.47. The molecule has 2 nitrogen and oxygen atoms in total. The van der Waals surface area contributed by atoms with Crippen LogP contribution in [-0.2, 0) is 0 Å². The van der Waals surface area contributed by atoms with E-state index < -0.39 is 17.6 Å². The summed E-state index contributed by atoms with van der Waals surface area (Å²) < 4.78 is 38.3. The van der Waals surface area contributed by atoms with Gasteiger partial charge in [-0.1, -0.05) is 13.3 Å². The molecule has 102 valence electrons. The van der Waals surface area contributed by atoms with Crippen LogP contribution in [-0.4, -0.2) is 24.3 Å². The zero-order valence-corrected chi connectivity index (χ0v) is 10.6. The maximum absolute atomic E-state index is 12.8. The Hall–Kier alpha value is -0.290. The molecule has 0 heterocycles. The van der Waals surface area contributed by atoms with Gasteiger partial charge in [0.05, 0.1) is 5.92 Å². The number of nitrogens with one attached hydrogen (secondary N) is 1.